The highest BCUT2D eigenvalue weighted by atomic mass is 32.2. The average molecular weight is 403 g/mol. The molecule has 2 aromatic carbocycles. The smallest absolute Gasteiger partial charge is 0.265 e. The summed E-state index contributed by atoms with van der Waals surface area (Å²) in [6, 6.07) is 10.6. The Bertz CT molecular complexity index is 1020. The lowest BCUT2D eigenvalue weighted by Crippen LogP contribution is -2.49. The van der Waals surface area contributed by atoms with E-state index in [4.69, 9.17) is 10.5 Å². The van der Waals surface area contributed by atoms with E-state index >= 15 is 0 Å². The van der Waals surface area contributed by atoms with Gasteiger partial charge in [-0.3, -0.25) is 9.10 Å². The van der Waals surface area contributed by atoms with Crippen LogP contribution in [0.1, 0.15) is 37.5 Å². The van der Waals surface area contributed by atoms with Crippen LogP contribution in [0.4, 0.5) is 5.69 Å². The number of carbonyl (C=O) groups excluding carboxylic acids is 1. The Hall–Kier alpha value is -2.54. The second-order valence-corrected chi connectivity index (χ2v) is 10.0. The summed E-state index contributed by atoms with van der Waals surface area (Å²) in [5.41, 5.74) is 8.13. The summed E-state index contributed by atoms with van der Waals surface area (Å²) in [6.07, 6.45) is -1.04. The van der Waals surface area contributed by atoms with E-state index in [0.717, 1.165) is 5.56 Å². The van der Waals surface area contributed by atoms with Crippen LogP contribution in [0.25, 0.3) is 0 Å². The Balaban J connectivity index is 2.17. The minimum atomic E-state index is -3.92. The summed E-state index contributed by atoms with van der Waals surface area (Å²) in [5.74, 6) is -0.381. The molecule has 1 aliphatic rings. The molecule has 28 heavy (non-hydrogen) atoms. The van der Waals surface area contributed by atoms with Crippen LogP contribution >= 0.6 is 0 Å². The van der Waals surface area contributed by atoms with Crippen LogP contribution in [0.2, 0.25) is 0 Å². The first-order chi connectivity index (χ1) is 12.9. The van der Waals surface area contributed by atoms with Gasteiger partial charge < -0.3 is 10.5 Å². The van der Waals surface area contributed by atoms with Gasteiger partial charge in [-0.05, 0) is 48.1 Å². The zero-order valence-electron chi connectivity index (χ0n) is 16.8. The number of hydrogen-bond donors (Lipinski definition) is 1. The minimum absolute atomic E-state index is 0.0968. The standard InChI is InChI=1S/C21H26N2O4S/c1-13-10-15(21(3,4)5)11-14(2)19(13)28(25,26)23-12-18(20(22)24)27-17-9-7-6-8-16(17)23/h6-11,18H,12H2,1-5H3,(H2,22,24). The number of ether oxygens (including phenoxy) is 1. The molecule has 1 atom stereocenters. The fourth-order valence-electron chi connectivity index (χ4n) is 3.48. The second kappa shape index (κ2) is 6.81. The number of sulfonamides is 1. The number of primary amides is 1. The van der Waals surface area contributed by atoms with Gasteiger partial charge in [0.1, 0.15) is 5.75 Å². The number of para-hydroxylation sites is 2. The van der Waals surface area contributed by atoms with Crippen LogP contribution in [0.15, 0.2) is 41.3 Å². The number of aryl methyl sites for hydroxylation is 2. The van der Waals surface area contributed by atoms with Crippen molar-refractivity contribution in [3.05, 3.63) is 53.1 Å². The molecular weight excluding hydrogens is 376 g/mol. The molecule has 0 spiro atoms. The highest BCUT2D eigenvalue weighted by Gasteiger charge is 2.38. The Kier molecular flexibility index (Phi) is 4.91. The van der Waals surface area contributed by atoms with Gasteiger partial charge >= 0.3 is 0 Å². The van der Waals surface area contributed by atoms with Gasteiger partial charge in [-0.1, -0.05) is 45.0 Å². The highest BCUT2D eigenvalue weighted by Crippen LogP contribution is 2.38. The maximum atomic E-state index is 13.6. The minimum Gasteiger partial charge on any atom is -0.476 e. The van der Waals surface area contributed by atoms with Crippen molar-refractivity contribution >= 4 is 21.6 Å². The van der Waals surface area contributed by atoms with Crippen LogP contribution in [0.5, 0.6) is 5.75 Å². The third kappa shape index (κ3) is 3.46. The third-order valence-electron chi connectivity index (χ3n) is 4.93. The van der Waals surface area contributed by atoms with Gasteiger partial charge in [0, 0.05) is 0 Å². The molecule has 2 aromatic rings. The lowest BCUT2D eigenvalue weighted by Gasteiger charge is -2.35. The number of nitrogens with two attached hydrogens (primary N) is 1. The van der Waals surface area contributed by atoms with Crippen molar-refractivity contribution in [2.75, 3.05) is 10.8 Å². The summed E-state index contributed by atoms with van der Waals surface area (Å²) < 4.78 is 34.1. The SMILES string of the molecule is Cc1cc(C(C)(C)C)cc(C)c1S(=O)(=O)N1CC(C(N)=O)Oc2ccccc21. The number of rotatable bonds is 3. The van der Waals surface area contributed by atoms with E-state index in [-0.39, 0.29) is 16.9 Å². The van der Waals surface area contributed by atoms with E-state index < -0.39 is 22.0 Å². The molecule has 0 bridgehead atoms. The normalized spacial score (nSPS) is 17.0. The van der Waals surface area contributed by atoms with Crippen LogP contribution < -0.4 is 14.8 Å². The molecule has 150 valence electrons. The molecule has 6 nitrogen and oxygen atoms in total. The van der Waals surface area contributed by atoms with Crippen molar-refractivity contribution in [1.82, 2.24) is 0 Å². The summed E-state index contributed by atoms with van der Waals surface area (Å²) in [4.78, 5) is 12.0. The molecule has 2 N–H and O–H groups in total. The second-order valence-electron chi connectivity index (χ2n) is 8.20. The van der Waals surface area contributed by atoms with Crippen molar-refractivity contribution in [2.24, 2.45) is 5.73 Å². The van der Waals surface area contributed by atoms with Crippen molar-refractivity contribution in [1.29, 1.82) is 0 Å². The first-order valence-corrected chi connectivity index (χ1v) is 10.6. The van der Waals surface area contributed by atoms with Gasteiger partial charge in [-0.2, -0.15) is 0 Å². The number of carbonyl (C=O) groups is 1. The van der Waals surface area contributed by atoms with E-state index in [1.165, 1.54) is 4.31 Å². The topological polar surface area (TPSA) is 89.7 Å². The summed E-state index contributed by atoms with van der Waals surface area (Å²) in [7, 11) is -3.92. The quantitative estimate of drug-likeness (QED) is 0.854. The molecule has 1 heterocycles. The van der Waals surface area contributed by atoms with Crippen LogP contribution in [-0.4, -0.2) is 27.0 Å². The molecule has 0 fully saturated rings. The molecule has 0 aromatic heterocycles. The first kappa shape index (κ1) is 20.2. The zero-order valence-corrected chi connectivity index (χ0v) is 17.6. The lowest BCUT2D eigenvalue weighted by molar-refractivity contribution is -0.124. The summed E-state index contributed by atoms with van der Waals surface area (Å²) in [5, 5.41) is 0. The zero-order chi connectivity index (χ0) is 20.9. The number of amides is 1. The van der Waals surface area contributed by atoms with Gasteiger partial charge in [0.25, 0.3) is 15.9 Å². The largest absolute Gasteiger partial charge is 0.476 e. The van der Waals surface area contributed by atoms with Gasteiger partial charge in [0.05, 0.1) is 17.1 Å². The maximum absolute atomic E-state index is 13.6. The predicted octanol–water partition coefficient (Wildman–Crippen LogP) is 3.04. The molecule has 1 amide bonds. The molecule has 0 aliphatic carbocycles. The van der Waals surface area contributed by atoms with Crippen molar-refractivity contribution in [2.45, 2.75) is 51.0 Å². The van der Waals surface area contributed by atoms with E-state index in [2.05, 4.69) is 20.8 Å². The third-order valence-corrected chi connectivity index (χ3v) is 7.01. The Morgan fingerprint density at radius 1 is 1.14 bits per heavy atom. The maximum Gasteiger partial charge on any atom is 0.265 e. The van der Waals surface area contributed by atoms with Crippen LogP contribution in [-0.2, 0) is 20.2 Å². The monoisotopic (exact) mass is 402 g/mol. The molecule has 0 radical (unpaired) electrons. The molecule has 1 unspecified atom stereocenters. The molecule has 0 saturated heterocycles. The van der Waals surface area contributed by atoms with Crippen molar-refractivity contribution in [3.63, 3.8) is 0 Å². The van der Waals surface area contributed by atoms with Crippen LogP contribution in [0.3, 0.4) is 0 Å². The summed E-state index contributed by atoms with van der Waals surface area (Å²) >= 11 is 0. The highest BCUT2D eigenvalue weighted by molar-refractivity contribution is 7.93. The molecular formula is C21H26N2O4S. The van der Waals surface area contributed by atoms with E-state index in [1.807, 2.05) is 12.1 Å². The molecule has 3 rings (SSSR count). The van der Waals surface area contributed by atoms with Gasteiger partial charge in [-0.15, -0.1) is 0 Å². The number of fused-ring (bicyclic) bond motifs is 1. The Labute approximate surface area is 166 Å². The van der Waals surface area contributed by atoms with E-state index in [9.17, 15) is 13.2 Å². The molecule has 0 saturated carbocycles. The number of anilines is 1. The fraction of sp³-hybridized carbons (Fsp3) is 0.381. The van der Waals surface area contributed by atoms with Gasteiger partial charge in [-0.25, -0.2) is 8.42 Å². The molecule has 7 heteroatoms. The van der Waals surface area contributed by atoms with Crippen molar-refractivity contribution < 1.29 is 17.9 Å². The van der Waals surface area contributed by atoms with Gasteiger partial charge in [0.15, 0.2) is 6.10 Å². The van der Waals surface area contributed by atoms with E-state index in [0.29, 0.717) is 22.6 Å². The average Bonchev–Trinajstić information content (AvgIpc) is 2.59. The Morgan fingerprint density at radius 3 is 2.25 bits per heavy atom. The van der Waals surface area contributed by atoms with Crippen LogP contribution in [0, 0.1) is 13.8 Å². The summed E-state index contributed by atoms with van der Waals surface area (Å²) in [6.45, 7) is 9.70. The first-order valence-electron chi connectivity index (χ1n) is 9.12. The number of hydrogen-bond acceptors (Lipinski definition) is 4. The fourth-order valence-corrected chi connectivity index (χ4v) is 5.37. The van der Waals surface area contributed by atoms with Crippen molar-refractivity contribution in [3.8, 4) is 5.75 Å². The number of benzene rings is 2. The number of nitrogens with zero attached hydrogens (tertiary/aromatic N) is 1. The van der Waals surface area contributed by atoms with Gasteiger partial charge in [0.2, 0.25) is 0 Å². The van der Waals surface area contributed by atoms with E-state index in [1.54, 1.807) is 38.1 Å². The Morgan fingerprint density at radius 2 is 1.71 bits per heavy atom. The molecule has 1 aliphatic heterocycles. The lowest BCUT2D eigenvalue weighted by atomic mass is 9.85. The predicted molar refractivity (Wildman–Crippen MR) is 109 cm³/mol.